The summed E-state index contributed by atoms with van der Waals surface area (Å²) in [5.41, 5.74) is 5.29. The molecule has 0 saturated carbocycles. The average molecular weight is 260 g/mol. The zero-order valence-corrected chi connectivity index (χ0v) is 9.89. The van der Waals surface area contributed by atoms with Crippen molar-refractivity contribution in [2.75, 3.05) is 13.1 Å². The highest BCUT2D eigenvalue weighted by Crippen LogP contribution is 1.94. The molecule has 8 nitrogen and oxygen atoms in total. The molecule has 0 heterocycles. The summed E-state index contributed by atoms with van der Waals surface area (Å²) in [6, 6.07) is -1.71. The number of amides is 1. The fraction of sp³-hybridized carbons (Fsp3) is 0.600. The van der Waals surface area contributed by atoms with E-state index in [-0.39, 0.29) is 6.42 Å². The maximum atomic E-state index is 11.3. The lowest BCUT2D eigenvalue weighted by molar-refractivity contribution is -0.139. The number of nitrogens with one attached hydrogen (secondary N) is 2. The van der Waals surface area contributed by atoms with Crippen LogP contribution in [-0.4, -0.2) is 53.2 Å². The van der Waals surface area contributed by atoms with Crippen LogP contribution in [0.3, 0.4) is 0 Å². The molecule has 2 unspecified atom stereocenters. The second-order valence-electron chi connectivity index (χ2n) is 3.71. The van der Waals surface area contributed by atoms with Gasteiger partial charge in [-0.15, -0.1) is 0 Å². The van der Waals surface area contributed by atoms with Crippen molar-refractivity contribution in [1.82, 2.24) is 10.6 Å². The number of carboxylic acids is 2. The quantitative estimate of drug-likeness (QED) is 0.307. The van der Waals surface area contributed by atoms with Gasteiger partial charge in [-0.3, -0.25) is 14.4 Å². The van der Waals surface area contributed by atoms with Gasteiger partial charge in [-0.2, -0.15) is 0 Å². The summed E-state index contributed by atoms with van der Waals surface area (Å²) in [4.78, 5) is 31.9. The van der Waals surface area contributed by atoms with Gasteiger partial charge in [0.25, 0.3) is 0 Å². The van der Waals surface area contributed by atoms with E-state index in [9.17, 15) is 14.4 Å². The molecule has 2 atom stereocenters. The number of hydrogen-bond donors (Lipinski definition) is 5. The monoisotopic (exact) mass is 260 g/mol. The van der Waals surface area contributed by atoms with E-state index in [4.69, 9.17) is 15.9 Å². The lowest BCUT2D eigenvalue weighted by atomic mass is 10.1. The third kappa shape index (κ3) is 7.58. The van der Waals surface area contributed by atoms with E-state index < -0.39 is 36.5 Å². The number of carbonyl (C=O) groups excluding carboxylic acids is 1. The highest BCUT2D eigenvalue weighted by atomic mass is 16.4. The molecule has 0 bridgehead atoms. The molecule has 1 amide bonds. The van der Waals surface area contributed by atoms with Crippen LogP contribution in [0.25, 0.3) is 0 Å². The van der Waals surface area contributed by atoms with Crippen molar-refractivity contribution < 1.29 is 24.6 Å². The van der Waals surface area contributed by atoms with Crippen LogP contribution in [0.5, 0.6) is 0 Å². The Balaban J connectivity index is 3.69. The number of aliphatic carboxylic acids is 2. The van der Waals surface area contributed by atoms with Gasteiger partial charge in [-0.25, -0.2) is 0 Å². The highest BCUT2D eigenvalue weighted by Gasteiger charge is 2.14. The van der Waals surface area contributed by atoms with E-state index in [1.165, 1.54) is 0 Å². The number of carboxylic acid groups (broad SMARTS) is 2. The first-order valence-electron chi connectivity index (χ1n) is 5.39. The molecule has 0 rings (SSSR count). The number of nitrogens with two attached hydrogens (primary N) is 1. The molecule has 0 aliphatic carbocycles. The molecule has 8 heteroatoms. The second kappa shape index (κ2) is 8.43. The van der Waals surface area contributed by atoms with Crippen molar-refractivity contribution in [3.8, 4) is 0 Å². The van der Waals surface area contributed by atoms with Crippen LogP contribution in [-0.2, 0) is 14.4 Å². The molecule has 0 spiro atoms. The van der Waals surface area contributed by atoms with E-state index in [0.717, 1.165) is 0 Å². The van der Waals surface area contributed by atoms with Crippen molar-refractivity contribution in [1.29, 1.82) is 0 Å². The maximum absolute atomic E-state index is 11.3. The van der Waals surface area contributed by atoms with Crippen LogP contribution in [0.15, 0.2) is 0 Å². The lowest BCUT2D eigenvalue weighted by Crippen LogP contribution is -2.44. The Hall–Kier alpha value is -1.67. The minimum absolute atomic E-state index is 0.284. The van der Waals surface area contributed by atoms with Gasteiger partial charge in [-0.05, 0) is 26.3 Å². The summed E-state index contributed by atoms with van der Waals surface area (Å²) < 4.78 is 0. The average Bonchev–Trinajstić information content (AvgIpc) is 2.30. The molecule has 0 saturated heterocycles. The third-order valence-electron chi connectivity index (χ3n) is 2.13. The minimum Gasteiger partial charge on any atom is -0.480 e. The largest absolute Gasteiger partial charge is 0.480 e. The van der Waals surface area contributed by atoms with E-state index in [1.807, 2.05) is 0 Å². The van der Waals surface area contributed by atoms with Crippen molar-refractivity contribution in [3.05, 3.63) is 6.92 Å². The first-order chi connectivity index (χ1) is 8.34. The number of hydrogen-bond acceptors (Lipinski definition) is 5. The molecule has 0 aromatic rings. The van der Waals surface area contributed by atoms with Gasteiger partial charge in [0.05, 0.1) is 6.04 Å². The molecule has 6 N–H and O–H groups in total. The Labute approximate surface area is 105 Å². The van der Waals surface area contributed by atoms with Crippen molar-refractivity contribution >= 4 is 17.8 Å². The molecule has 103 valence electrons. The Morgan fingerprint density at radius 1 is 1.28 bits per heavy atom. The highest BCUT2D eigenvalue weighted by molar-refractivity contribution is 5.85. The zero-order chi connectivity index (χ0) is 14.1. The molecule has 0 aliphatic heterocycles. The van der Waals surface area contributed by atoms with Crippen molar-refractivity contribution in [2.24, 2.45) is 5.73 Å². The van der Waals surface area contributed by atoms with Gasteiger partial charge in [-0.1, -0.05) is 0 Å². The van der Waals surface area contributed by atoms with Crippen LogP contribution in [0, 0.1) is 6.92 Å². The molecule has 0 aliphatic rings. The number of carbonyl (C=O) groups is 3. The van der Waals surface area contributed by atoms with Gasteiger partial charge in [0.2, 0.25) is 5.91 Å². The van der Waals surface area contributed by atoms with E-state index in [1.54, 1.807) is 0 Å². The van der Waals surface area contributed by atoms with Crippen LogP contribution in [0.4, 0.5) is 0 Å². The van der Waals surface area contributed by atoms with Gasteiger partial charge in [0.15, 0.2) is 0 Å². The van der Waals surface area contributed by atoms with Crippen molar-refractivity contribution in [2.45, 2.75) is 24.9 Å². The first-order valence-corrected chi connectivity index (χ1v) is 5.39. The topological polar surface area (TPSA) is 142 Å². The SMILES string of the molecule is [CH2]C(NCCCC(N)C(=O)O)C(=O)NCC(=O)O. The standard InChI is InChI=1S/C10H18N3O5/c1-6(9(16)13-5-8(14)15)12-4-2-3-7(11)10(17)18/h6-7,12H,1-5,11H2,(H,13,16)(H,14,15)(H,17,18). The van der Waals surface area contributed by atoms with Gasteiger partial charge >= 0.3 is 11.9 Å². The van der Waals surface area contributed by atoms with E-state index in [2.05, 4.69) is 17.6 Å². The molecule has 0 fully saturated rings. The Morgan fingerprint density at radius 3 is 2.39 bits per heavy atom. The molecule has 1 radical (unpaired) electrons. The summed E-state index contributed by atoms with van der Waals surface area (Å²) in [5, 5.41) is 21.8. The van der Waals surface area contributed by atoms with E-state index >= 15 is 0 Å². The summed E-state index contributed by atoms with van der Waals surface area (Å²) >= 11 is 0. The summed E-state index contributed by atoms with van der Waals surface area (Å²) in [7, 11) is 0. The molecule has 0 aromatic carbocycles. The fourth-order valence-electron chi connectivity index (χ4n) is 1.10. The van der Waals surface area contributed by atoms with Gasteiger partial charge in [0.1, 0.15) is 12.6 Å². The second-order valence-corrected chi connectivity index (χ2v) is 3.71. The lowest BCUT2D eigenvalue weighted by Gasteiger charge is -2.13. The Bertz CT molecular complexity index is 308. The van der Waals surface area contributed by atoms with Gasteiger partial charge in [0, 0.05) is 0 Å². The first kappa shape index (κ1) is 16.3. The predicted molar refractivity (Wildman–Crippen MR) is 62.6 cm³/mol. The van der Waals surface area contributed by atoms with Crippen LogP contribution in [0.1, 0.15) is 12.8 Å². The van der Waals surface area contributed by atoms with Crippen LogP contribution in [0.2, 0.25) is 0 Å². The Morgan fingerprint density at radius 2 is 1.89 bits per heavy atom. The minimum atomic E-state index is -1.14. The molecule has 18 heavy (non-hydrogen) atoms. The smallest absolute Gasteiger partial charge is 0.322 e. The van der Waals surface area contributed by atoms with Crippen molar-refractivity contribution in [3.63, 3.8) is 0 Å². The van der Waals surface area contributed by atoms with E-state index in [0.29, 0.717) is 13.0 Å². The zero-order valence-electron chi connectivity index (χ0n) is 9.89. The summed E-state index contributed by atoms with van der Waals surface area (Å²) in [6.45, 7) is 3.41. The summed E-state index contributed by atoms with van der Waals surface area (Å²) in [6.07, 6.45) is 0.761. The molecular formula is C10H18N3O5. The fourth-order valence-corrected chi connectivity index (χ4v) is 1.10. The number of rotatable bonds is 9. The molecule has 0 aromatic heterocycles. The normalized spacial score (nSPS) is 13.7. The maximum Gasteiger partial charge on any atom is 0.322 e. The van der Waals surface area contributed by atoms with Crippen LogP contribution < -0.4 is 16.4 Å². The Kier molecular flexibility index (Phi) is 7.64. The van der Waals surface area contributed by atoms with Gasteiger partial charge < -0.3 is 26.6 Å². The molecular weight excluding hydrogens is 242 g/mol. The summed E-state index contributed by atoms with van der Waals surface area (Å²) in [5.74, 6) is -2.73. The predicted octanol–water partition coefficient (Wildman–Crippen LogP) is -1.83. The third-order valence-corrected chi connectivity index (χ3v) is 2.13. The van der Waals surface area contributed by atoms with Crippen LogP contribution >= 0.6 is 0 Å².